The third-order valence-electron chi connectivity index (χ3n) is 3.08. The maximum absolute atomic E-state index is 11.5. The molecule has 1 atom stereocenters. The Morgan fingerprint density at radius 2 is 2.41 bits per heavy atom. The summed E-state index contributed by atoms with van der Waals surface area (Å²) < 4.78 is 0. The lowest BCUT2D eigenvalue weighted by Crippen LogP contribution is -2.38. The van der Waals surface area contributed by atoms with Crippen LogP contribution in [0.4, 0.5) is 5.82 Å². The van der Waals surface area contributed by atoms with Gasteiger partial charge in [-0.25, -0.2) is 4.98 Å². The molecule has 17 heavy (non-hydrogen) atoms. The van der Waals surface area contributed by atoms with Crippen LogP contribution >= 0.6 is 0 Å². The summed E-state index contributed by atoms with van der Waals surface area (Å²) in [6.07, 6.45) is 2.18. The molecular formula is C12H20N4O. The summed E-state index contributed by atoms with van der Waals surface area (Å²) in [6, 6.07) is 2.06. The van der Waals surface area contributed by atoms with E-state index in [4.69, 9.17) is 0 Å². The van der Waals surface area contributed by atoms with E-state index in [0.717, 1.165) is 38.3 Å². The number of anilines is 1. The molecule has 0 amide bonds. The monoisotopic (exact) mass is 236 g/mol. The van der Waals surface area contributed by atoms with Crippen LogP contribution in [-0.4, -0.2) is 35.6 Å². The molecule has 1 aromatic rings. The second-order valence-electron chi connectivity index (χ2n) is 4.53. The van der Waals surface area contributed by atoms with Crippen molar-refractivity contribution in [3.8, 4) is 0 Å². The number of aromatic nitrogens is 2. The first-order chi connectivity index (χ1) is 8.20. The van der Waals surface area contributed by atoms with E-state index >= 15 is 0 Å². The van der Waals surface area contributed by atoms with Gasteiger partial charge in [0.15, 0.2) is 0 Å². The largest absolute Gasteiger partial charge is 0.352 e. The number of rotatable bonds is 4. The second kappa shape index (κ2) is 5.31. The normalized spacial score (nSPS) is 19.5. The molecule has 2 N–H and O–H groups in total. The number of aryl methyl sites for hydroxylation is 1. The zero-order valence-corrected chi connectivity index (χ0v) is 10.5. The average molecular weight is 236 g/mol. The zero-order valence-electron chi connectivity index (χ0n) is 10.5. The van der Waals surface area contributed by atoms with Gasteiger partial charge in [0.1, 0.15) is 11.6 Å². The zero-order chi connectivity index (χ0) is 12.3. The molecule has 5 heteroatoms. The van der Waals surface area contributed by atoms with Crippen LogP contribution in [-0.2, 0) is 0 Å². The van der Waals surface area contributed by atoms with E-state index in [-0.39, 0.29) is 5.56 Å². The number of aromatic amines is 1. The van der Waals surface area contributed by atoms with Crippen molar-refractivity contribution in [2.24, 2.45) is 0 Å². The summed E-state index contributed by atoms with van der Waals surface area (Å²) >= 11 is 0. The summed E-state index contributed by atoms with van der Waals surface area (Å²) in [5, 5.41) is 3.35. The fourth-order valence-electron chi connectivity index (χ4n) is 2.34. The Morgan fingerprint density at radius 1 is 1.59 bits per heavy atom. The Hall–Kier alpha value is -1.36. The lowest BCUT2D eigenvalue weighted by molar-refractivity contribution is 0.616. The molecule has 2 heterocycles. The second-order valence-corrected chi connectivity index (χ2v) is 4.53. The van der Waals surface area contributed by atoms with Crippen LogP contribution in [0.1, 0.15) is 25.6 Å². The number of hydrogen-bond acceptors (Lipinski definition) is 4. The molecule has 0 saturated carbocycles. The quantitative estimate of drug-likeness (QED) is 0.806. The van der Waals surface area contributed by atoms with Crippen LogP contribution in [0.3, 0.4) is 0 Å². The fourth-order valence-corrected chi connectivity index (χ4v) is 2.34. The van der Waals surface area contributed by atoms with Gasteiger partial charge in [-0.1, -0.05) is 6.92 Å². The Morgan fingerprint density at radius 3 is 3.00 bits per heavy atom. The van der Waals surface area contributed by atoms with Crippen molar-refractivity contribution in [2.45, 2.75) is 32.7 Å². The molecule has 94 valence electrons. The molecule has 0 aliphatic carbocycles. The number of hydrogen-bond donors (Lipinski definition) is 2. The Balaban J connectivity index is 2.27. The van der Waals surface area contributed by atoms with Crippen LogP contribution in [0.15, 0.2) is 10.9 Å². The SMILES string of the molecule is CCCN(c1cc(=O)[nH]c(C)n1)C1CCNC1. The average Bonchev–Trinajstić information content (AvgIpc) is 2.77. The van der Waals surface area contributed by atoms with Gasteiger partial charge in [0.25, 0.3) is 5.56 Å². The van der Waals surface area contributed by atoms with Gasteiger partial charge in [-0.05, 0) is 26.3 Å². The maximum Gasteiger partial charge on any atom is 0.252 e. The fraction of sp³-hybridized carbons (Fsp3) is 0.667. The Bertz CT molecular complexity index is 423. The van der Waals surface area contributed by atoms with Gasteiger partial charge in [-0.3, -0.25) is 4.79 Å². The van der Waals surface area contributed by atoms with Gasteiger partial charge < -0.3 is 15.2 Å². The molecule has 0 radical (unpaired) electrons. The van der Waals surface area contributed by atoms with Crippen molar-refractivity contribution < 1.29 is 0 Å². The van der Waals surface area contributed by atoms with Gasteiger partial charge >= 0.3 is 0 Å². The minimum Gasteiger partial charge on any atom is -0.352 e. The molecule has 5 nitrogen and oxygen atoms in total. The van der Waals surface area contributed by atoms with E-state index in [1.54, 1.807) is 6.07 Å². The predicted octanol–water partition coefficient (Wildman–Crippen LogP) is 0.657. The minimum absolute atomic E-state index is 0.0699. The molecule has 1 saturated heterocycles. The molecule has 2 rings (SSSR count). The topological polar surface area (TPSA) is 61.0 Å². The van der Waals surface area contributed by atoms with E-state index < -0.39 is 0 Å². The van der Waals surface area contributed by atoms with Crippen LogP contribution < -0.4 is 15.8 Å². The van der Waals surface area contributed by atoms with E-state index in [1.165, 1.54) is 0 Å². The van der Waals surface area contributed by atoms with Crippen LogP contribution in [0.2, 0.25) is 0 Å². The third kappa shape index (κ3) is 2.85. The van der Waals surface area contributed by atoms with Crippen LogP contribution in [0.5, 0.6) is 0 Å². The number of nitrogens with one attached hydrogen (secondary N) is 2. The molecule has 0 spiro atoms. The highest BCUT2D eigenvalue weighted by Crippen LogP contribution is 2.16. The summed E-state index contributed by atoms with van der Waals surface area (Å²) in [5.74, 6) is 1.49. The van der Waals surface area contributed by atoms with Gasteiger partial charge in [-0.2, -0.15) is 0 Å². The minimum atomic E-state index is -0.0699. The number of nitrogens with zero attached hydrogens (tertiary/aromatic N) is 2. The van der Waals surface area contributed by atoms with Gasteiger partial charge in [0.05, 0.1) is 0 Å². The van der Waals surface area contributed by atoms with Crippen LogP contribution in [0, 0.1) is 6.92 Å². The van der Waals surface area contributed by atoms with Crippen molar-refractivity contribution in [1.82, 2.24) is 15.3 Å². The summed E-state index contributed by atoms with van der Waals surface area (Å²) in [7, 11) is 0. The highest BCUT2D eigenvalue weighted by atomic mass is 16.1. The molecule has 1 fully saturated rings. The van der Waals surface area contributed by atoms with Gasteiger partial charge in [0.2, 0.25) is 0 Å². The molecule has 1 unspecified atom stereocenters. The first kappa shape index (κ1) is 12.1. The van der Waals surface area contributed by atoms with Crippen molar-refractivity contribution >= 4 is 5.82 Å². The predicted molar refractivity (Wildman–Crippen MR) is 68.5 cm³/mol. The van der Waals surface area contributed by atoms with Gasteiger partial charge in [0, 0.05) is 25.2 Å². The van der Waals surface area contributed by atoms with Crippen molar-refractivity contribution in [2.75, 3.05) is 24.5 Å². The highest BCUT2D eigenvalue weighted by Gasteiger charge is 2.23. The Kier molecular flexibility index (Phi) is 3.78. The van der Waals surface area contributed by atoms with Crippen molar-refractivity contribution in [3.63, 3.8) is 0 Å². The van der Waals surface area contributed by atoms with Crippen molar-refractivity contribution in [3.05, 3.63) is 22.2 Å². The lowest BCUT2D eigenvalue weighted by atomic mass is 10.2. The molecule has 0 bridgehead atoms. The molecule has 0 aromatic carbocycles. The smallest absolute Gasteiger partial charge is 0.252 e. The summed E-state index contributed by atoms with van der Waals surface area (Å²) in [6.45, 7) is 6.94. The first-order valence-corrected chi connectivity index (χ1v) is 6.26. The van der Waals surface area contributed by atoms with Crippen LogP contribution in [0.25, 0.3) is 0 Å². The maximum atomic E-state index is 11.5. The molecule has 1 aromatic heterocycles. The summed E-state index contributed by atoms with van der Waals surface area (Å²) in [5.41, 5.74) is -0.0699. The van der Waals surface area contributed by atoms with E-state index in [1.807, 2.05) is 6.92 Å². The van der Waals surface area contributed by atoms with Gasteiger partial charge in [-0.15, -0.1) is 0 Å². The number of H-pyrrole nitrogens is 1. The molecular weight excluding hydrogens is 216 g/mol. The third-order valence-corrected chi connectivity index (χ3v) is 3.08. The molecule has 1 aliphatic heterocycles. The Labute approximate surface area is 101 Å². The van der Waals surface area contributed by atoms with E-state index in [2.05, 4.69) is 27.1 Å². The first-order valence-electron chi connectivity index (χ1n) is 6.26. The highest BCUT2D eigenvalue weighted by molar-refractivity contribution is 5.39. The summed E-state index contributed by atoms with van der Waals surface area (Å²) in [4.78, 5) is 20.9. The van der Waals surface area contributed by atoms with Crippen molar-refractivity contribution in [1.29, 1.82) is 0 Å². The molecule has 1 aliphatic rings. The standard InChI is InChI=1S/C12H20N4O/c1-3-6-16(10-4-5-13-8-10)11-7-12(17)15-9(2)14-11/h7,10,13H,3-6,8H2,1-2H3,(H,14,15,17). The van der Waals surface area contributed by atoms with E-state index in [0.29, 0.717) is 11.9 Å². The van der Waals surface area contributed by atoms with E-state index in [9.17, 15) is 4.79 Å². The lowest BCUT2D eigenvalue weighted by Gasteiger charge is -2.29.